The number of nitrogens with zero attached hydrogens (tertiary/aromatic N) is 2. The van der Waals surface area contributed by atoms with E-state index in [9.17, 15) is 19.2 Å². The number of hydrogen-bond donors (Lipinski definition) is 2. The molecule has 0 unspecified atom stereocenters. The number of benzene rings is 2. The maximum atomic E-state index is 13.8. The van der Waals surface area contributed by atoms with Crippen LogP contribution in [0.2, 0.25) is 0 Å². The molecule has 1 saturated heterocycles. The van der Waals surface area contributed by atoms with Crippen molar-refractivity contribution in [2.45, 2.75) is 64.7 Å². The van der Waals surface area contributed by atoms with Gasteiger partial charge in [-0.2, -0.15) is 0 Å². The maximum absolute atomic E-state index is 13.8. The summed E-state index contributed by atoms with van der Waals surface area (Å²) >= 11 is 0. The number of nitrogens with one attached hydrogen (secondary N) is 2. The van der Waals surface area contributed by atoms with Crippen LogP contribution in [-0.2, 0) is 32.0 Å². The SMILES string of the molecule is CC(C)[C@H]1NC(=O)[C@H](Cc2ccccc2)N(C)C(=O)[C@@H](C(C)C)NC(=O)[C@@H](Cc2ccccc2)N(C)C1=O. The van der Waals surface area contributed by atoms with Crippen LogP contribution < -0.4 is 10.6 Å². The summed E-state index contributed by atoms with van der Waals surface area (Å²) in [6.45, 7) is 7.41. The van der Waals surface area contributed by atoms with Crippen molar-refractivity contribution in [1.29, 1.82) is 0 Å². The molecule has 0 bridgehead atoms. The first-order valence-electron chi connectivity index (χ1n) is 13.2. The summed E-state index contributed by atoms with van der Waals surface area (Å²) in [5, 5.41) is 5.85. The van der Waals surface area contributed by atoms with Crippen molar-refractivity contribution in [3.05, 3.63) is 71.8 Å². The molecule has 0 aliphatic carbocycles. The van der Waals surface area contributed by atoms with Crippen LogP contribution in [0, 0.1) is 11.8 Å². The van der Waals surface area contributed by atoms with E-state index < -0.39 is 36.0 Å². The highest BCUT2D eigenvalue weighted by molar-refractivity contribution is 5.97. The molecule has 2 aromatic rings. The number of rotatable bonds is 6. The minimum atomic E-state index is -0.860. The van der Waals surface area contributed by atoms with Gasteiger partial charge in [0, 0.05) is 26.9 Å². The molecule has 1 heterocycles. The first kappa shape index (κ1) is 28.9. The van der Waals surface area contributed by atoms with Crippen LogP contribution in [0.25, 0.3) is 0 Å². The maximum Gasteiger partial charge on any atom is 0.245 e. The van der Waals surface area contributed by atoms with Gasteiger partial charge in [0.15, 0.2) is 0 Å². The van der Waals surface area contributed by atoms with Gasteiger partial charge in [0.25, 0.3) is 0 Å². The molecular weight excluding hydrogens is 480 g/mol. The van der Waals surface area contributed by atoms with Crippen LogP contribution in [0.5, 0.6) is 0 Å². The average molecular weight is 521 g/mol. The zero-order valence-corrected chi connectivity index (χ0v) is 23.2. The predicted molar refractivity (Wildman–Crippen MR) is 147 cm³/mol. The van der Waals surface area contributed by atoms with E-state index >= 15 is 0 Å². The fraction of sp³-hybridized carbons (Fsp3) is 0.467. The van der Waals surface area contributed by atoms with E-state index in [-0.39, 0.29) is 36.5 Å². The Morgan fingerprint density at radius 2 is 0.921 bits per heavy atom. The minimum Gasteiger partial charge on any atom is -0.342 e. The number of carbonyl (C=O) groups excluding carboxylic acids is 4. The molecule has 2 aromatic carbocycles. The molecule has 0 radical (unpaired) electrons. The molecule has 1 aliphatic heterocycles. The molecule has 204 valence electrons. The van der Waals surface area contributed by atoms with Crippen LogP contribution in [-0.4, -0.2) is 71.7 Å². The van der Waals surface area contributed by atoms with Gasteiger partial charge in [0.2, 0.25) is 23.6 Å². The van der Waals surface area contributed by atoms with Crippen LogP contribution in [0.1, 0.15) is 38.8 Å². The standard InChI is InChI=1S/C30H40N4O4/c1-19(2)25-29(37)33(5)24(18-22-15-11-8-12-16-22)28(36)32-26(20(3)4)30(38)34(6)23(27(35)31-25)17-21-13-9-7-10-14-21/h7-16,19-20,23-26H,17-18H2,1-6H3,(H,31,35)(H,32,36)/t23-,24+,25-,26-/m1/s1. The van der Waals surface area contributed by atoms with Gasteiger partial charge < -0.3 is 20.4 Å². The Balaban J connectivity index is 2.06. The smallest absolute Gasteiger partial charge is 0.245 e. The third-order valence-corrected chi connectivity index (χ3v) is 7.24. The Hall–Kier alpha value is -3.68. The average Bonchev–Trinajstić information content (AvgIpc) is 2.90. The second kappa shape index (κ2) is 12.7. The zero-order chi connectivity index (χ0) is 28.0. The van der Waals surface area contributed by atoms with E-state index in [4.69, 9.17) is 0 Å². The molecule has 2 N–H and O–H groups in total. The molecule has 4 amide bonds. The second-order valence-corrected chi connectivity index (χ2v) is 10.8. The van der Waals surface area contributed by atoms with Gasteiger partial charge in [0.1, 0.15) is 24.2 Å². The van der Waals surface area contributed by atoms with Gasteiger partial charge in [-0.3, -0.25) is 19.2 Å². The number of likely N-dealkylation sites (N-methyl/N-ethyl adjacent to an activating group) is 2. The first-order valence-corrected chi connectivity index (χ1v) is 13.2. The third-order valence-electron chi connectivity index (χ3n) is 7.24. The van der Waals surface area contributed by atoms with E-state index in [1.54, 1.807) is 14.1 Å². The van der Waals surface area contributed by atoms with Crippen LogP contribution in [0.15, 0.2) is 60.7 Å². The summed E-state index contributed by atoms with van der Waals surface area (Å²) in [6, 6.07) is 15.4. The van der Waals surface area contributed by atoms with Crippen molar-refractivity contribution in [2.75, 3.05) is 14.1 Å². The van der Waals surface area contributed by atoms with Crippen molar-refractivity contribution >= 4 is 23.6 Å². The van der Waals surface area contributed by atoms with Crippen molar-refractivity contribution in [3.8, 4) is 0 Å². The zero-order valence-electron chi connectivity index (χ0n) is 23.2. The minimum absolute atomic E-state index is 0.237. The Morgan fingerprint density at radius 1 is 0.605 bits per heavy atom. The normalized spacial score (nSPS) is 23.7. The Kier molecular flexibility index (Phi) is 9.66. The highest BCUT2D eigenvalue weighted by Gasteiger charge is 2.40. The van der Waals surface area contributed by atoms with E-state index in [1.807, 2.05) is 88.4 Å². The molecule has 0 aromatic heterocycles. The van der Waals surface area contributed by atoms with Gasteiger partial charge in [-0.15, -0.1) is 0 Å². The Labute approximate surface area is 225 Å². The molecule has 1 fully saturated rings. The molecule has 0 saturated carbocycles. The predicted octanol–water partition coefficient (Wildman–Crippen LogP) is 2.42. The summed E-state index contributed by atoms with van der Waals surface area (Å²) < 4.78 is 0. The summed E-state index contributed by atoms with van der Waals surface area (Å²) in [6.07, 6.45) is 0.554. The number of hydrogen-bond acceptors (Lipinski definition) is 4. The fourth-order valence-electron chi connectivity index (χ4n) is 4.76. The lowest BCUT2D eigenvalue weighted by molar-refractivity contribution is -0.148. The highest BCUT2D eigenvalue weighted by Crippen LogP contribution is 2.18. The van der Waals surface area contributed by atoms with E-state index in [0.29, 0.717) is 0 Å². The Bertz CT molecular complexity index is 1030. The quantitative estimate of drug-likeness (QED) is 0.611. The molecule has 3 rings (SSSR count). The first-order chi connectivity index (χ1) is 18.0. The number of carbonyl (C=O) groups is 4. The van der Waals surface area contributed by atoms with E-state index in [1.165, 1.54) is 9.80 Å². The topological polar surface area (TPSA) is 98.8 Å². The number of amides is 4. The third kappa shape index (κ3) is 6.79. The molecule has 1 aliphatic rings. The van der Waals surface area contributed by atoms with Crippen molar-refractivity contribution < 1.29 is 19.2 Å². The molecular formula is C30H40N4O4. The summed E-state index contributed by atoms with van der Waals surface area (Å²) in [7, 11) is 3.17. The van der Waals surface area contributed by atoms with Gasteiger partial charge in [-0.25, -0.2) is 0 Å². The van der Waals surface area contributed by atoms with Crippen LogP contribution in [0.4, 0.5) is 0 Å². The van der Waals surface area contributed by atoms with Crippen molar-refractivity contribution in [2.24, 2.45) is 11.8 Å². The van der Waals surface area contributed by atoms with Crippen molar-refractivity contribution in [1.82, 2.24) is 20.4 Å². The lowest BCUT2D eigenvalue weighted by Crippen LogP contribution is -2.64. The molecule has 4 atom stereocenters. The monoisotopic (exact) mass is 520 g/mol. The largest absolute Gasteiger partial charge is 0.342 e. The molecule has 38 heavy (non-hydrogen) atoms. The summed E-state index contributed by atoms with van der Waals surface area (Å²) in [4.78, 5) is 57.8. The van der Waals surface area contributed by atoms with Crippen LogP contribution >= 0.6 is 0 Å². The second-order valence-electron chi connectivity index (χ2n) is 10.8. The van der Waals surface area contributed by atoms with Gasteiger partial charge in [-0.1, -0.05) is 88.4 Å². The van der Waals surface area contributed by atoms with Gasteiger partial charge in [0.05, 0.1) is 0 Å². The summed E-state index contributed by atoms with van der Waals surface area (Å²) in [5.41, 5.74) is 1.77. The highest BCUT2D eigenvalue weighted by atomic mass is 16.2. The van der Waals surface area contributed by atoms with E-state index in [0.717, 1.165) is 11.1 Å². The lowest BCUT2D eigenvalue weighted by Gasteiger charge is -2.38. The lowest BCUT2D eigenvalue weighted by atomic mass is 9.95. The van der Waals surface area contributed by atoms with Gasteiger partial charge in [-0.05, 0) is 23.0 Å². The fourth-order valence-corrected chi connectivity index (χ4v) is 4.76. The Morgan fingerprint density at radius 3 is 1.21 bits per heavy atom. The summed E-state index contributed by atoms with van der Waals surface area (Å²) in [5.74, 6) is -1.98. The van der Waals surface area contributed by atoms with Gasteiger partial charge >= 0.3 is 0 Å². The molecule has 8 heteroatoms. The molecule has 0 spiro atoms. The van der Waals surface area contributed by atoms with Crippen molar-refractivity contribution in [3.63, 3.8) is 0 Å². The van der Waals surface area contributed by atoms with E-state index in [2.05, 4.69) is 10.6 Å². The van der Waals surface area contributed by atoms with Crippen LogP contribution in [0.3, 0.4) is 0 Å². The molecule has 8 nitrogen and oxygen atoms in total.